The number of para-hydroxylation sites is 1. The van der Waals surface area contributed by atoms with Crippen molar-refractivity contribution in [2.45, 2.75) is 71.2 Å². The fourth-order valence-corrected chi connectivity index (χ4v) is 5.83. The van der Waals surface area contributed by atoms with Crippen LogP contribution in [0.25, 0.3) is 32.8 Å². The van der Waals surface area contributed by atoms with E-state index < -0.39 is 11.7 Å². The second kappa shape index (κ2) is 12.7. The molecule has 46 heavy (non-hydrogen) atoms. The van der Waals surface area contributed by atoms with Crippen molar-refractivity contribution in [2.24, 2.45) is 0 Å². The number of alkyl carbamates (subject to hydrolysis) is 1. The number of benzene rings is 3. The van der Waals surface area contributed by atoms with Crippen LogP contribution in [-0.2, 0) is 27.3 Å². The summed E-state index contributed by atoms with van der Waals surface area (Å²) in [6, 6.07) is 21.9. The van der Waals surface area contributed by atoms with Gasteiger partial charge in [-0.1, -0.05) is 36.4 Å². The summed E-state index contributed by atoms with van der Waals surface area (Å²) in [4.78, 5) is 28.9. The normalized spacial score (nSPS) is 16.2. The summed E-state index contributed by atoms with van der Waals surface area (Å²) in [5.74, 6) is 0.800. The summed E-state index contributed by atoms with van der Waals surface area (Å²) < 4.78 is 19.1. The number of pyridine rings is 1. The van der Waals surface area contributed by atoms with Crippen molar-refractivity contribution in [3.63, 3.8) is 0 Å². The van der Waals surface area contributed by atoms with Gasteiger partial charge in [-0.15, -0.1) is 0 Å². The molecule has 3 N–H and O–H groups in total. The van der Waals surface area contributed by atoms with Gasteiger partial charge in [0.25, 0.3) is 0 Å². The van der Waals surface area contributed by atoms with E-state index in [-0.39, 0.29) is 31.1 Å². The minimum atomic E-state index is -0.563. The number of aromatic nitrogens is 3. The Kier molecular flexibility index (Phi) is 8.53. The van der Waals surface area contributed by atoms with Crippen LogP contribution in [0.4, 0.5) is 10.6 Å². The number of rotatable bonds is 9. The number of hydrogen-bond donors (Lipinski definition) is 2. The van der Waals surface area contributed by atoms with E-state index in [1.165, 1.54) is 0 Å². The third kappa shape index (κ3) is 6.75. The monoisotopic (exact) mass is 621 g/mol. The lowest BCUT2D eigenvalue weighted by atomic mass is 9.87. The number of nitrogens with one attached hydrogen (secondary N) is 1. The Bertz CT molecular complexity index is 1900. The molecule has 1 aliphatic carbocycles. The number of nitrogens with zero attached hydrogens (tertiary/aromatic N) is 3. The molecule has 238 valence electrons. The second-order valence-electron chi connectivity index (χ2n) is 12.6. The molecule has 1 saturated carbocycles. The number of nitrogen functional groups attached to an aromatic ring is 1. The minimum absolute atomic E-state index is 0.0153. The van der Waals surface area contributed by atoms with Crippen molar-refractivity contribution in [2.75, 3.05) is 12.3 Å². The van der Waals surface area contributed by atoms with Gasteiger partial charge in [-0.3, -0.25) is 9.48 Å². The molecule has 10 heteroatoms. The largest absolute Gasteiger partial charge is 0.487 e. The van der Waals surface area contributed by atoms with Gasteiger partial charge in [0.15, 0.2) is 0 Å². The fraction of sp³-hybridized carbons (Fsp3) is 0.333. The number of hydrogen-bond acceptors (Lipinski definition) is 8. The third-order valence-electron chi connectivity index (χ3n) is 8.09. The second-order valence-corrected chi connectivity index (χ2v) is 12.6. The van der Waals surface area contributed by atoms with Crippen LogP contribution in [0, 0.1) is 0 Å². The maximum absolute atomic E-state index is 12.4. The molecule has 5 aromatic rings. The Morgan fingerprint density at radius 2 is 1.74 bits per heavy atom. The average molecular weight is 622 g/mol. The molecule has 0 aliphatic heterocycles. The number of fused-ring (bicyclic) bond motifs is 2. The third-order valence-corrected chi connectivity index (χ3v) is 8.09. The molecule has 10 nitrogen and oxygen atoms in total. The lowest BCUT2D eigenvalue weighted by Crippen LogP contribution is -2.47. The van der Waals surface area contributed by atoms with E-state index in [1.807, 2.05) is 67.9 Å². The summed E-state index contributed by atoms with van der Waals surface area (Å²) in [6.45, 7) is 7.89. The summed E-state index contributed by atoms with van der Waals surface area (Å²) in [5.41, 5.74) is 10.2. The van der Waals surface area contributed by atoms with Crippen molar-refractivity contribution in [3.05, 3.63) is 84.2 Å². The zero-order valence-electron chi connectivity index (χ0n) is 26.6. The first-order valence-corrected chi connectivity index (χ1v) is 15.6. The van der Waals surface area contributed by atoms with Crippen molar-refractivity contribution in [3.8, 4) is 16.9 Å². The number of nitrogens with two attached hydrogens (primary N) is 1. The van der Waals surface area contributed by atoms with Gasteiger partial charge in [-0.25, -0.2) is 9.78 Å². The zero-order valence-corrected chi connectivity index (χ0v) is 26.6. The number of amides is 1. The van der Waals surface area contributed by atoms with Crippen LogP contribution in [0.2, 0.25) is 0 Å². The van der Waals surface area contributed by atoms with E-state index in [2.05, 4.69) is 34.6 Å². The SMILES string of the molecule is CCOC(=O)Cc1ccccc1OCc1c2cc(-c3ccc4ccnc(N)c4c3)ccc2nn1C1CC(NC(=O)OC(C)(C)C)C1. The molecule has 0 radical (unpaired) electrons. The molecule has 0 unspecified atom stereocenters. The summed E-state index contributed by atoms with van der Waals surface area (Å²) in [5, 5.41) is 10.9. The van der Waals surface area contributed by atoms with Crippen LogP contribution < -0.4 is 15.8 Å². The maximum atomic E-state index is 12.4. The maximum Gasteiger partial charge on any atom is 0.407 e. The molecule has 2 aromatic heterocycles. The van der Waals surface area contributed by atoms with Gasteiger partial charge in [-0.2, -0.15) is 5.10 Å². The van der Waals surface area contributed by atoms with Crippen molar-refractivity contribution in [1.82, 2.24) is 20.1 Å². The van der Waals surface area contributed by atoms with Crippen LogP contribution in [-0.4, -0.2) is 45.1 Å². The predicted octanol–water partition coefficient (Wildman–Crippen LogP) is 6.75. The Hall–Kier alpha value is -5.12. The summed E-state index contributed by atoms with van der Waals surface area (Å²) in [7, 11) is 0. The highest BCUT2D eigenvalue weighted by atomic mass is 16.6. The average Bonchev–Trinajstić information content (AvgIpc) is 3.34. The molecule has 1 amide bonds. The van der Waals surface area contributed by atoms with E-state index in [9.17, 15) is 9.59 Å². The standard InChI is InChI=1S/C36H39N5O5/c1-5-44-33(42)18-25-8-6-7-9-32(25)45-21-31-29-17-24(23-11-10-22-14-15-38-34(37)28(22)16-23)12-13-30(29)40-41(31)27-19-26(20-27)39-35(43)46-36(2,3)4/h6-17,26-27H,5,18-21H2,1-4H3,(H2,37,38)(H,39,43). The van der Waals surface area contributed by atoms with E-state index in [4.69, 9.17) is 25.0 Å². The quantitative estimate of drug-likeness (QED) is 0.173. The number of esters is 1. The minimum Gasteiger partial charge on any atom is -0.487 e. The first-order chi connectivity index (χ1) is 22.1. The number of carbonyl (C=O) groups is 2. The van der Waals surface area contributed by atoms with Crippen LogP contribution in [0.1, 0.15) is 57.8 Å². The van der Waals surface area contributed by atoms with Gasteiger partial charge in [0.1, 0.15) is 23.8 Å². The van der Waals surface area contributed by atoms with Crippen molar-refractivity contribution < 1.29 is 23.8 Å². The van der Waals surface area contributed by atoms with Gasteiger partial charge >= 0.3 is 12.1 Å². The first kappa shape index (κ1) is 30.9. The topological polar surface area (TPSA) is 131 Å². The zero-order chi connectivity index (χ0) is 32.4. The van der Waals surface area contributed by atoms with Gasteiger partial charge in [0.2, 0.25) is 0 Å². The molecule has 1 aliphatic rings. The Morgan fingerprint density at radius 3 is 2.50 bits per heavy atom. The van der Waals surface area contributed by atoms with E-state index in [0.29, 0.717) is 31.0 Å². The van der Waals surface area contributed by atoms with E-state index in [1.54, 1.807) is 13.1 Å². The van der Waals surface area contributed by atoms with Crippen molar-refractivity contribution in [1.29, 1.82) is 0 Å². The molecule has 3 aromatic carbocycles. The molecule has 0 atom stereocenters. The summed E-state index contributed by atoms with van der Waals surface area (Å²) >= 11 is 0. The lowest BCUT2D eigenvalue weighted by molar-refractivity contribution is -0.142. The van der Waals surface area contributed by atoms with Gasteiger partial charge in [0.05, 0.1) is 30.3 Å². The number of carbonyl (C=O) groups excluding carboxylic acids is 2. The van der Waals surface area contributed by atoms with Gasteiger partial charge in [-0.05, 0) is 87.4 Å². The van der Waals surface area contributed by atoms with Crippen LogP contribution in [0.5, 0.6) is 5.75 Å². The molecule has 0 bridgehead atoms. The van der Waals surface area contributed by atoms with E-state index in [0.717, 1.165) is 44.1 Å². The molecular formula is C36H39N5O5. The predicted molar refractivity (Wildman–Crippen MR) is 177 cm³/mol. The fourth-order valence-electron chi connectivity index (χ4n) is 5.83. The lowest BCUT2D eigenvalue weighted by Gasteiger charge is -2.37. The highest BCUT2D eigenvalue weighted by Gasteiger charge is 2.35. The number of ether oxygens (including phenoxy) is 3. The highest BCUT2D eigenvalue weighted by molar-refractivity contribution is 5.95. The van der Waals surface area contributed by atoms with Crippen LogP contribution in [0.15, 0.2) is 72.9 Å². The van der Waals surface area contributed by atoms with Gasteiger partial charge in [0, 0.05) is 28.6 Å². The van der Waals surface area contributed by atoms with Crippen molar-refractivity contribution >= 4 is 39.6 Å². The molecule has 2 heterocycles. The first-order valence-electron chi connectivity index (χ1n) is 15.6. The van der Waals surface area contributed by atoms with Crippen LogP contribution in [0.3, 0.4) is 0 Å². The Balaban J connectivity index is 1.31. The molecule has 6 rings (SSSR count). The van der Waals surface area contributed by atoms with E-state index >= 15 is 0 Å². The van der Waals surface area contributed by atoms with Crippen LogP contribution >= 0.6 is 0 Å². The smallest absolute Gasteiger partial charge is 0.407 e. The molecule has 0 spiro atoms. The Labute approximate surface area is 267 Å². The Morgan fingerprint density at radius 1 is 1.00 bits per heavy atom. The summed E-state index contributed by atoms with van der Waals surface area (Å²) in [6.07, 6.45) is 2.84. The molecule has 0 saturated heterocycles. The molecule has 1 fully saturated rings. The number of anilines is 1. The molecular weight excluding hydrogens is 582 g/mol. The van der Waals surface area contributed by atoms with Gasteiger partial charge < -0.3 is 25.3 Å². The highest BCUT2D eigenvalue weighted by Crippen LogP contribution is 2.37.